The number of carbonyl (C=O) groups excluding carboxylic acids is 1. The van der Waals surface area contributed by atoms with Gasteiger partial charge < -0.3 is 10.4 Å². The third kappa shape index (κ3) is 4.17. The second-order valence-corrected chi connectivity index (χ2v) is 4.93. The summed E-state index contributed by atoms with van der Waals surface area (Å²) in [4.78, 5) is 22.4. The van der Waals surface area contributed by atoms with Crippen molar-refractivity contribution in [1.82, 2.24) is 20.3 Å². The molecule has 1 amide bonds. The standard InChI is InChI=1S/C12H10Cl2N4O3/c13-9-2-1-7(3-10(9)14)12(21)15-4-8-5-18(17-16-8)6-11(19)20/h1-3,5H,4,6H2,(H,15,21)(H,19,20). The lowest BCUT2D eigenvalue weighted by molar-refractivity contribution is -0.137. The second-order valence-electron chi connectivity index (χ2n) is 4.11. The highest BCUT2D eigenvalue weighted by molar-refractivity contribution is 6.42. The molecular formula is C12H10Cl2N4O3. The number of aromatic nitrogens is 3. The first-order valence-electron chi connectivity index (χ1n) is 5.80. The van der Waals surface area contributed by atoms with Gasteiger partial charge in [-0.25, -0.2) is 4.68 Å². The molecule has 1 aromatic carbocycles. The maximum atomic E-state index is 11.9. The van der Waals surface area contributed by atoms with E-state index in [4.69, 9.17) is 28.3 Å². The van der Waals surface area contributed by atoms with Gasteiger partial charge in [-0.15, -0.1) is 5.10 Å². The molecule has 0 bridgehead atoms. The predicted molar refractivity (Wildman–Crippen MR) is 75.3 cm³/mol. The van der Waals surface area contributed by atoms with Crippen LogP contribution in [0.3, 0.4) is 0 Å². The van der Waals surface area contributed by atoms with E-state index in [2.05, 4.69) is 15.6 Å². The summed E-state index contributed by atoms with van der Waals surface area (Å²) >= 11 is 11.6. The van der Waals surface area contributed by atoms with Gasteiger partial charge in [-0.05, 0) is 18.2 Å². The van der Waals surface area contributed by atoms with Crippen molar-refractivity contribution in [2.45, 2.75) is 13.1 Å². The first-order valence-corrected chi connectivity index (χ1v) is 6.55. The normalized spacial score (nSPS) is 10.4. The maximum Gasteiger partial charge on any atom is 0.325 e. The van der Waals surface area contributed by atoms with E-state index in [1.165, 1.54) is 23.0 Å². The van der Waals surface area contributed by atoms with Crippen molar-refractivity contribution in [3.8, 4) is 0 Å². The van der Waals surface area contributed by atoms with E-state index in [0.717, 1.165) is 0 Å². The van der Waals surface area contributed by atoms with Gasteiger partial charge in [0.1, 0.15) is 12.2 Å². The van der Waals surface area contributed by atoms with Gasteiger partial charge in [0, 0.05) is 5.56 Å². The van der Waals surface area contributed by atoms with Crippen molar-refractivity contribution >= 4 is 35.1 Å². The largest absolute Gasteiger partial charge is 0.480 e. The number of nitrogens with one attached hydrogen (secondary N) is 1. The molecule has 21 heavy (non-hydrogen) atoms. The Hall–Kier alpha value is -2.12. The summed E-state index contributed by atoms with van der Waals surface area (Å²) in [6.45, 7) is -0.160. The molecule has 2 rings (SSSR count). The van der Waals surface area contributed by atoms with E-state index < -0.39 is 5.97 Å². The Morgan fingerprint density at radius 2 is 2.05 bits per heavy atom. The van der Waals surface area contributed by atoms with Crippen LogP contribution in [0.25, 0.3) is 0 Å². The molecule has 110 valence electrons. The number of carboxylic acid groups (broad SMARTS) is 1. The predicted octanol–water partition coefficient (Wildman–Crippen LogP) is 1.60. The second kappa shape index (κ2) is 6.55. The van der Waals surface area contributed by atoms with E-state index in [9.17, 15) is 9.59 Å². The third-order valence-corrected chi connectivity index (χ3v) is 3.23. The van der Waals surface area contributed by atoms with Crippen LogP contribution in [-0.4, -0.2) is 32.0 Å². The van der Waals surface area contributed by atoms with Gasteiger partial charge in [0.15, 0.2) is 0 Å². The Morgan fingerprint density at radius 1 is 1.29 bits per heavy atom. The number of hydrogen-bond acceptors (Lipinski definition) is 4. The van der Waals surface area contributed by atoms with Crippen LogP contribution in [0.2, 0.25) is 10.0 Å². The van der Waals surface area contributed by atoms with Gasteiger partial charge in [0.2, 0.25) is 0 Å². The fourth-order valence-corrected chi connectivity index (χ4v) is 1.84. The minimum atomic E-state index is -1.02. The lowest BCUT2D eigenvalue weighted by Crippen LogP contribution is -2.23. The Morgan fingerprint density at radius 3 is 2.71 bits per heavy atom. The summed E-state index contributed by atoms with van der Waals surface area (Å²) in [6, 6.07) is 4.53. The van der Waals surface area contributed by atoms with Crippen molar-refractivity contribution in [2.75, 3.05) is 0 Å². The smallest absolute Gasteiger partial charge is 0.325 e. The average molecular weight is 329 g/mol. The molecule has 2 aromatic rings. The van der Waals surface area contributed by atoms with Crippen LogP contribution in [-0.2, 0) is 17.9 Å². The number of carboxylic acids is 1. The summed E-state index contributed by atoms with van der Waals surface area (Å²) in [5, 5.41) is 19.3. The minimum absolute atomic E-state index is 0.124. The Labute approximate surface area is 129 Å². The third-order valence-electron chi connectivity index (χ3n) is 2.50. The van der Waals surface area contributed by atoms with Crippen molar-refractivity contribution in [3.63, 3.8) is 0 Å². The quantitative estimate of drug-likeness (QED) is 0.868. The number of rotatable bonds is 5. The van der Waals surface area contributed by atoms with E-state index in [1.807, 2.05) is 0 Å². The van der Waals surface area contributed by atoms with Crippen LogP contribution in [0.4, 0.5) is 0 Å². The summed E-state index contributed by atoms with van der Waals surface area (Å²) in [5.74, 6) is -1.37. The molecule has 0 spiro atoms. The number of benzene rings is 1. The van der Waals surface area contributed by atoms with Crippen molar-refractivity contribution in [3.05, 3.63) is 45.7 Å². The highest BCUT2D eigenvalue weighted by Gasteiger charge is 2.09. The van der Waals surface area contributed by atoms with Gasteiger partial charge in [-0.3, -0.25) is 9.59 Å². The van der Waals surface area contributed by atoms with Crippen molar-refractivity contribution in [2.24, 2.45) is 0 Å². The SMILES string of the molecule is O=C(O)Cn1cc(CNC(=O)c2ccc(Cl)c(Cl)c2)nn1. The number of carbonyl (C=O) groups is 2. The van der Waals surface area contributed by atoms with Crippen LogP contribution in [0.5, 0.6) is 0 Å². The monoisotopic (exact) mass is 328 g/mol. The van der Waals surface area contributed by atoms with Crippen LogP contribution in [0.1, 0.15) is 16.1 Å². The lowest BCUT2D eigenvalue weighted by Gasteiger charge is -2.04. The van der Waals surface area contributed by atoms with Crippen molar-refractivity contribution < 1.29 is 14.7 Å². The summed E-state index contributed by atoms with van der Waals surface area (Å²) < 4.78 is 1.17. The zero-order valence-electron chi connectivity index (χ0n) is 10.6. The van der Waals surface area contributed by atoms with Gasteiger partial charge >= 0.3 is 5.97 Å². The highest BCUT2D eigenvalue weighted by atomic mass is 35.5. The number of aliphatic carboxylic acids is 1. The molecule has 0 aliphatic heterocycles. The van der Waals surface area contributed by atoms with Crippen molar-refractivity contribution in [1.29, 1.82) is 0 Å². The fourth-order valence-electron chi connectivity index (χ4n) is 1.55. The van der Waals surface area contributed by atoms with Gasteiger partial charge in [0.25, 0.3) is 5.91 Å². The van der Waals surface area contributed by atoms with Gasteiger partial charge in [-0.2, -0.15) is 0 Å². The molecule has 0 atom stereocenters. The molecule has 0 radical (unpaired) electrons. The fraction of sp³-hybridized carbons (Fsp3) is 0.167. The molecular weight excluding hydrogens is 319 g/mol. The number of amides is 1. The molecule has 2 N–H and O–H groups in total. The zero-order valence-corrected chi connectivity index (χ0v) is 12.1. The van der Waals surface area contributed by atoms with Gasteiger partial charge in [-0.1, -0.05) is 28.4 Å². The molecule has 0 aliphatic rings. The molecule has 1 aromatic heterocycles. The number of nitrogens with zero attached hydrogens (tertiary/aromatic N) is 3. The van der Waals surface area contributed by atoms with Crippen LogP contribution in [0, 0.1) is 0 Å². The topological polar surface area (TPSA) is 97.1 Å². The van der Waals surface area contributed by atoms with Crippen LogP contribution < -0.4 is 5.32 Å². The Balaban J connectivity index is 1.95. The molecule has 0 fully saturated rings. The molecule has 0 saturated heterocycles. The van der Waals surface area contributed by atoms with Crippen LogP contribution >= 0.6 is 23.2 Å². The summed E-state index contributed by atoms with van der Waals surface area (Å²) in [6.07, 6.45) is 1.45. The molecule has 7 nitrogen and oxygen atoms in total. The maximum absolute atomic E-state index is 11.9. The van der Waals surface area contributed by atoms with Gasteiger partial charge in [0.05, 0.1) is 22.8 Å². The molecule has 9 heteroatoms. The molecule has 0 aliphatic carbocycles. The van der Waals surface area contributed by atoms with E-state index in [1.54, 1.807) is 6.07 Å². The molecule has 0 saturated carbocycles. The first kappa shape index (κ1) is 15.3. The van der Waals surface area contributed by atoms with Crippen LogP contribution in [0.15, 0.2) is 24.4 Å². The van der Waals surface area contributed by atoms with E-state index in [-0.39, 0.29) is 24.0 Å². The first-order chi connectivity index (χ1) is 9.95. The molecule has 1 heterocycles. The Kier molecular flexibility index (Phi) is 4.77. The zero-order chi connectivity index (χ0) is 15.4. The lowest BCUT2D eigenvalue weighted by atomic mass is 10.2. The highest BCUT2D eigenvalue weighted by Crippen LogP contribution is 2.22. The molecule has 0 unspecified atom stereocenters. The summed E-state index contributed by atoms with van der Waals surface area (Å²) in [7, 11) is 0. The average Bonchev–Trinajstić information content (AvgIpc) is 2.86. The number of hydrogen-bond donors (Lipinski definition) is 2. The number of halogens is 2. The Bertz CT molecular complexity index is 687. The summed E-state index contributed by atoms with van der Waals surface area (Å²) in [5.41, 5.74) is 0.812. The van der Waals surface area contributed by atoms with E-state index in [0.29, 0.717) is 16.3 Å². The minimum Gasteiger partial charge on any atom is -0.480 e. The van der Waals surface area contributed by atoms with E-state index >= 15 is 0 Å².